The van der Waals surface area contributed by atoms with Crippen LogP contribution in [0, 0.1) is 0 Å². The summed E-state index contributed by atoms with van der Waals surface area (Å²) in [6.07, 6.45) is 9.80. The molecule has 0 spiro atoms. The second kappa shape index (κ2) is 5.87. The number of allylic oxidation sites excluding steroid dienone is 1. The molecule has 102 valence electrons. The van der Waals surface area contributed by atoms with Crippen molar-refractivity contribution in [2.24, 2.45) is 0 Å². The maximum absolute atomic E-state index is 11.9. The lowest BCUT2D eigenvalue weighted by atomic mass is 9.97. The number of sulfonamides is 1. The zero-order valence-electron chi connectivity index (χ0n) is 10.7. The lowest BCUT2D eigenvalue weighted by molar-refractivity contribution is -0.118. The van der Waals surface area contributed by atoms with E-state index >= 15 is 0 Å². The van der Waals surface area contributed by atoms with Crippen LogP contribution < -0.4 is 4.72 Å². The van der Waals surface area contributed by atoms with E-state index in [1.165, 1.54) is 6.42 Å². The van der Waals surface area contributed by atoms with Gasteiger partial charge in [-0.2, -0.15) is 0 Å². The third-order valence-electron chi connectivity index (χ3n) is 3.77. The van der Waals surface area contributed by atoms with Crippen LogP contribution >= 0.6 is 0 Å². The van der Waals surface area contributed by atoms with E-state index in [1.807, 2.05) is 0 Å². The summed E-state index contributed by atoms with van der Waals surface area (Å²) in [5.41, 5.74) is 1.08. The van der Waals surface area contributed by atoms with Crippen LogP contribution in [0.5, 0.6) is 0 Å². The predicted octanol–water partition coefficient (Wildman–Crippen LogP) is 2.27. The van der Waals surface area contributed by atoms with Gasteiger partial charge in [-0.1, -0.05) is 24.5 Å². The molecule has 1 amide bonds. The van der Waals surface area contributed by atoms with Gasteiger partial charge in [-0.25, -0.2) is 8.42 Å². The topological polar surface area (TPSA) is 63.2 Å². The van der Waals surface area contributed by atoms with Crippen molar-refractivity contribution in [2.45, 2.75) is 63.0 Å². The first kappa shape index (κ1) is 13.6. The van der Waals surface area contributed by atoms with Crippen LogP contribution in [0.2, 0.25) is 0 Å². The molecule has 0 saturated heterocycles. The van der Waals surface area contributed by atoms with Gasteiger partial charge in [-0.05, 0) is 38.5 Å². The number of carbonyl (C=O) groups excluding carboxylic acids is 1. The highest BCUT2D eigenvalue weighted by molar-refractivity contribution is 7.90. The maximum atomic E-state index is 11.9. The van der Waals surface area contributed by atoms with Crippen LogP contribution in [0.4, 0.5) is 0 Å². The van der Waals surface area contributed by atoms with Crippen molar-refractivity contribution in [3.05, 3.63) is 11.6 Å². The van der Waals surface area contributed by atoms with Crippen molar-refractivity contribution in [2.75, 3.05) is 0 Å². The molecule has 18 heavy (non-hydrogen) atoms. The van der Waals surface area contributed by atoms with Gasteiger partial charge in [0.15, 0.2) is 0 Å². The average molecular weight is 271 g/mol. The summed E-state index contributed by atoms with van der Waals surface area (Å²) in [5, 5.41) is -0.359. The summed E-state index contributed by atoms with van der Waals surface area (Å²) in [6.45, 7) is 0. The Balaban J connectivity index is 1.88. The molecule has 1 fully saturated rings. The Hall–Kier alpha value is -0.840. The molecule has 1 saturated carbocycles. The molecule has 2 rings (SSSR count). The molecule has 1 N–H and O–H groups in total. The van der Waals surface area contributed by atoms with Gasteiger partial charge in [-0.15, -0.1) is 0 Å². The SMILES string of the molecule is O=C(CC1=CCCCC1)NS(=O)(=O)C1CCCC1. The van der Waals surface area contributed by atoms with Crippen LogP contribution in [-0.2, 0) is 14.8 Å². The molecule has 5 heteroatoms. The third kappa shape index (κ3) is 3.57. The van der Waals surface area contributed by atoms with Crippen molar-refractivity contribution in [3.63, 3.8) is 0 Å². The molecule has 4 nitrogen and oxygen atoms in total. The standard InChI is InChI=1S/C13H21NO3S/c15-13(10-11-6-2-1-3-7-11)14-18(16,17)12-8-4-5-9-12/h6,12H,1-5,7-10H2,(H,14,15). The van der Waals surface area contributed by atoms with E-state index in [2.05, 4.69) is 10.8 Å². The van der Waals surface area contributed by atoms with E-state index in [0.29, 0.717) is 12.8 Å². The molecule has 0 aromatic carbocycles. The highest BCUT2D eigenvalue weighted by Gasteiger charge is 2.30. The highest BCUT2D eigenvalue weighted by Crippen LogP contribution is 2.24. The highest BCUT2D eigenvalue weighted by atomic mass is 32.2. The monoisotopic (exact) mass is 271 g/mol. The molecular formula is C13H21NO3S. The summed E-state index contributed by atoms with van der Waals surface area (Å²) >= 11 is 0. The molecule has 0 radical (unpaired) electrons. The quantitative estimate of drug-likeness (QED) is 0.798. The second-order valence-electron chi connectivity index (χ2n) is 5.26. The first-order valence-corrected chi connectivity index (χ1v) is 8.35. The van der Waals surface area contributed by atoms with Gasteiger partial charge in [-0.3, -0.25) is 9.52 Å². The molecule has 0 bridgehead atoms. The van der Waals surface area contributed by atoms with E-state index in [4.69, 9.17) is 0 Å². The fourth-order valence-electron chi connectivity index (χ4n) is 2.75. The molecule has 0 aliphatic heterocycles. The van der Waals surface area contributed by atoms with Gasteiger partial charge in [0, 0.05) is 6.42 Å². The Morgan fingerprint density at radius 1 is 1.22 bits per heavy atom. The van der Waals surface area contributed by atoms with Crippen molar-refractivity contribution in [3.8, 4) is 0 Å². The molecule has 0 unspecified atom stereocenters. The Labute approximate surface area is 109 Å². The molecule has 0 heterocycles. The third-order valence-corrected chi connectivity index (χ3v) is 5.63. The number of nitrogens with one attached hydrogen (secondary N) is 1. The number of hydrogen-bond acceptors (Lipinski definition) is 3. The smallest absolute Gasteiger partial charge is 0.237 e. The van der Waals surface area contributed by atoms with E-state index < -0.39 is 10.0 Å². The maximum Gasteiger partial charge on any atom is 0.237 e. The lowest BCUT2D eigenvalue weighted by Gasteiger charge is -2.15. The van der Waals surface area contributed by atoms with E-state index in [9.17, 15) is 13.2 Å². The van der Waals surface area contributed by atoms with E-state index in [1.54, 1.807) is 0 Å². The minimum atomic E-state index is -3.44. The van der Waals surface area contributed by atoms with E-state index in [0.717, 1.165) is 37.7 Å². The largest absolute Gasteiger partial charge is 0.274 e. The lowest BCUT2D eigenvalue weighted by Crippen LogP contribution is -2.37. The summed E-state index contributed by atoms with van der Waals surface area (Å²) in [6, 6.07) is 0. The summed E-state index contributed by atoms with van der Waals surface area (Å²) in [5.74, 6) is -0.366. The van der Waals surface area contributed by atoms with Gasteiger partial charge in [0.05, 0.1) is 5.25 Å². The second-order valence-corrected chi connectivity index (χ2v) is 7.22. The van der Waals surface area contributed by atoms with Gasteiger partial charge < -0.3 is 0 Å². The Bertz CT molecular complexity index is 433. The van der Waals surface area contributed by atoms with E-state index in [-0.39, 0.29) is 17.6 Å². The average Bonchev–Trinajstić information content (AvgIpc) is 2.83. The first-order valence-electron chi connectivity index (χ1n) is 6.80. The van der Waals surface area contributed by atoms with Gasteiger partial charge in [0.25, 0.3) is 0 Å². The van der Waals surface area contributed by atoms with Crippen molar-refractivity contribution >= 4 is 15.9 Å². The fourth-order valence-corrected chi connectivity index (χ4v) is 4.26. The van der Waals surface area contributed by atoms with Crippen LogP contribution in [0.15, 0.2) is 11.6 Å². The van der Waals surface area contributed by atoms with Crippen LogP contribution in [0.3, 0.4) is 0 Å². The minimum Gasteiger partial charge on any atom is -0.274 e. The normalized spacial score (nSPS) is 21.7. The van der Waals surface area contributed by atoms with Crippen LogP contribution in [0.1, 0.15) is 57.8 Å². The van der Waals surface area contributed by atoms with Gasteiger partial charge >= 0.3 is 0 Å². The van der Waals surface area contributed by atoms with Crippen LogP contribution in [-0.4, -0.2) is 19.6 Å². The number of carbonyl (C=O) groups is 1. The zero-order valence-corrected chi connectivity index (χ0v) is 11.5. The Morgan fingerprint density at radius 3 is 2.56 bits per heavy atom. The fraction of sp³-hybridized carbons (Fsp3) is 0.769. The molecule has 0 aromatic rings. The van der Waals surface area contributed by atoms with Crippen molar-refractivity contribution < 1.29 is 13.2 Å². The molecular weight excluding hydrogens is 250 g/mol. The van der Waals surface area contributed by atoms with Crippen molar-refractivity contribution in [1.29, 1.82) is 0 Å². The number of amides is 1. The van der Waals surface area contributed by atoms with Crippen molar-refractivity contribution in [1.82, 2.24) is 4.72 Å². The summed E-state index contributed by atoms with van der Waals surface area (Å²) < 4.78 is 26.1. The van der Waals surface area contributed by atoms with Gasteiger partial charge in [0.2, 0.25) is 15.9 Å². The molecule has 0 aromatic heterocycles. The minimum absolute atomic E-state index is 0.242. The zero-order chi connectivity index (χ0) is 13.0. The first-order chi connectivity index (χ1) is 8.58. The van der Waals surface area contributed by atoms with Gasteiger partial charge in [0.1, 0.15) is 0 Å². The molecule has 0 atom stereocenters. The van der Waals surface area contributed by atoms with Crippen LogP contribution in [0.25, 0.3) is 0 Å². The summed E-state index contributed by atoms with van der Waals surface area (Å²) in [4.78, 5) is 11.8. The summed E-state index contributed by atoms with van der Waals surface area (Å²) in [7, 11) is -3.44. The predicted molar refractivity (Wildman–Crippen MR) is 70.5 cm³/mol. The number of hydrogen-bond donors (Lipinski definition) is 1. The molecule has 2 aliphatic carbocycles. The Morgan fingerprint density at radius 2 is 1.94 bits per heavy atom. The number of rotatable bonds is 4. The Kier molecular flexibility index (Phi) is 4.43. The molecule has 2 aliphatic rings.